The van der Waals surface area contributed by atoms with E-state index in [0.29, 0.717) is 12.1 Å². The van der Waals surface area contributed by atoms with Gasteiger partial charge in [0.25, 0.3) is 0 Å². The number of carbonyl (C=O) groups excluding carboxylic acids is 1. The summed E-state index contributed by atoms with van der Waals surface area (Å²) in [5.74, 6) is -1.39. The van der Waals surface area contributed by atoms with Gasteiger partial charge in [0.05, 0.1) is 6.33 Å². The maximum absolute atomic E-state index is 11.7. The van der Waals surface area contributed by atoms with Gasteiger partial charge in [-0.1, -0.05) is 0 Å². The fourth-order valence-corrected chi connectivity index (χ4v) is 1.52. The van der Waals surface area contributed by atoms with Gasteiger partial charge in [0.15, 0.2) is 0 Å². The van der Waals surface area contributed by atoms with Crippen molar-refractivity contribution in [1.82, 2.24) is 15.3 Å². The number of aliphatic carboxylic acids is 1. The summed E-state index contributed by atoms with van der Waals surface area (Å²) in [6.45, 7) is 3.64. The Balaban J connectivity index is 2.49. The summed E-state index contributed by atoms with van der Waals surface area (Å²) in [4.78, 5) is 29.4. The van der Waals surface area contributed by atoms with E-state index in [4.69, 9.17) is 10.8 Å². The van der Waals surface area contributed by atoms with Crippen molar-refractivity contribution >= 4 is 11.9 Å². The average Bonchev–Trinajstić information content (AvgIpc) is 2.77. The van der Waals surface area contributed by atoms with E-state index in [0.717, 1.165) is 0 Å². The predicted octanol–water partition coefficient (Wildman–Crippen LogP) is 0.0391. The van der Waals surface area contributed by atoms with E-state index in [1.165, 1.54) is 12.5 Å². The number of nitrogens with two attached hydrogens (primary N) is 1. The Hall–Kier alpha value is -1.89. The number of carboxylic acid groups (broad SMARTS) is 1. The summed E-state index contributed by atoms with van der Waals surface area (Å²) in [6.07, 6.45) is 3.87. The van der Waals surface area contributed by atoms with Crippen molar-refractivity contribution in [3.8, 4) is 0 Å². The van der Waals surface area contributed by atoms with Crippen LogP contribution in [0.3, 0.4) is 0 Å². The van der Waals surface area contributed by atoms with E-state index in [2.05, 4.69) is 15.3 Å². The summed E-state index contributed by atoms with van der Waals surface area (Å²) in [7, 11) is 0. The molecule has 1 aromatic heterocycles. The summed E-state index contributed by atoms with van der Waals surface area (Å²) in [5.41, 5.74) is 5.99. The largest absolute Gasteiger partial charge is 0.480 e. The van der Waals surface area contributed by atoms with Crippen LogP contribution in [-0.4, -0.2) is 38.5 Å². The van der Waals surface area contributed by atoms with Gasteiger partial charge in [0, 0.05) is 30.3 Å². The van der Waals surface area contributed by atoms with Gasteiger partial charge in [0.1, 0.15) is 6.04 Å². The third-order valence-corrected chi connectivity index (χ3v) is 2.61. The number of carboxylic acids is 1. The lowest BCUT2D eigenvalue weighted by atomic mass is 10.00. The van der Waals surface area contributed by atoms with Crippen molar-refractivity contribution in [2.24, 2.45) is 5.73 Å². The molecule has 1 atom stereocenters. The maximum Gasteiger partial charge on any atom is 0.326 e. The molecule has 0 aliphatic rings. The Bertz CT molecular complexity index is 423. The summed E-state index contributed by atoms with van der Waals surface area (Å²) in [6, 6.07) is -0.964. The van der Waals surface area contributed by atoms with Crippen LogP contribution in [0.25, 0.3) is 0 Å². The lowest BCUT2D eigenvalue weighted by Gasteiger charge is -2.19. The number of nitrogens with one attached hydrogen (secondary N) is 2. The number of aromatic amines is 1. The highest BCUT2D eigenvalue weighted by Crippen LogP contribution is 2.07. The molecule has 0 bridgehead atoms. The first kappa shape index (κ1) is 15.2. The number of aromatic nitrogens is 2. The van der Waals surface area contributed by atoms with E-state index in [1.54, 1.807) is 0 Å². The Morgan fingerprint density at radius 2 is 2.26 bits per heavy atom. The van der Waals surface area contributed by atoms with Crippen LogP contribution < -0.4 is 11.1 Å². The molecular weight excluding hydrogens is 248 g/mol. The van der Waals surface area contributed by atoms with E-state index >= 15 is 0 Å². The van der Waals surface area contributed by atoms with Crippen LogP contribution >= 0.6 is 0 Å². The van der Waals surface area contributed by atoms with E-state index in [-0.39, 0.29) is 18.7 Å². The van der Waals surface area contributed by atoms with E-state index in [1.807, 2.05) is 13.8 Å². The zero-order valence-electron chi connectivity index (χ0n) is 11.1. The molecule has 0 aliphatic carbocycles. The Morgan fingerprint density at radius 1 is 1.58 bits per heavy atom. The molecule has 1 aromatic rings. The molecule has 0 aliphatic heterocycles. The van der Waals surface area contributed by atoms with Crippen LogP contribution in [0.1, 0.15) is 32.4 Å². The van der Waals surface area contributed by atoms with Crippen molar-refractivity contribution in [3.05, 3.63) is 18.2 Å². The molecule has 0 unspecified atom stereocenters. The Kier molecular flexibility index (Phi) is 5.05. The van der Waals surface area contributed by atoms with Gasteiger partial charge >= 0.3 is 5.97 Å². The minimum atomic E-state index is -1.07. The third kappa shape index (κ3) is 6.01. The molecule has 0 spiro atoms. The van der Waals surface area contributed by atoms with Gasteiger partial charge in [0.2, 0.25) is 5.91 Å². The molecule has 0 saturated carbocycles. The van der Waals surface area contributed by atoms with Crippen LogP contribution in [0.4, 0.5) is 0 Å². The van der Waals surface area contributed by atoms with E-state index < -0.39 is 17.6 Å². The normalized spacial score (nSPS) is 13.0. The first-order chi connectivity index (χ1) is 8.78. The molecule has 0 saturated heterocycles. The molecule has 1 amide bonds. The summed E-state index contributed by atoms with van der Waals surface area (Å²) < 4.78 is 0. The van der Waals surface area contributed by atoms with Crippen LogP contribution in [-0.2, 0) is 16.0 Å². The van der Waals surface area contributed by atoms with Crippen LogP contribution in [0, 0.1) is 0 Å². The highest BCUT2D eigenvalue weighted by molar-refractivity contribution is 5.83. The van der Waals surface area contributed by atoms with Gasteiger partial charge in [-0.3, -0.25) is 4.79 Å². The number of rotatable bonds is 7. The number of carbonyl (C=O) groups is 2. The highest BCUT2D eigenvalue weighted by atomic mass is 16.4. The molecule has 0 fully saturated rings. The molecule has 7 nitrogen and oxygen atoms in total. The standard InChI is InChI=1S/C12H20N4O3/c1-12(2,13)4-3-10(17)16-9(11(18)19)5-8-6-14-7-15-8/h6-7,9H,3-5,13H2,1-2H3,(H,14,15)(H,16,17)(H,18,19)/t9-/m1/s1. The Labute approximate surface area is 111 Å². The number of hydrogen-bond acceptors (Lipinski definition) is 4. The van der Waals surface area contributed by atoms with Crippen LogP contribution in [0.5, 0.6) is 0 Å². The van der Waals surface area contributed by atoms with Crippen molar-refractivity contribution in [2.75, 3.05) is 0 Å². The summed E-state index contributed by atoms with van der Waals surface area (Å²) in [5, 5.41) is 11.6. The Morgan fingerprint density at radius 3 is 2.74 bits per heavy atom. The fourth-order valence-electron chi connectivity index (χ4n) is 1.52. The smallest absolute Gasteiger partial charge is 0.326 e. The highest BCUT2D eigenvalue weighted by Gasteiger charge is 2.22. The zero-order valence-corrected chi connectivity index (χ0v) is 11.1. The molecule has 1 heterocycles. The summed E-state index contributed by atoms with van der Waals surface area (Å²) >= 11 is 0. The van der Waals surface area contributed by atoms with Crippen molar-refractivity contribution in [3.63, 3.8) is 0 Å². The van der Waals surface area contributed by atoms with Crippen LogP contribution in [0.15, 0.2) is 12.5 Å². The van der Waals surface area contributed by atoms with E-state index in [9.17, 15) is 9.59 Å². The number of hydrogen-bond donors (Lipinski definition) is 4. The number of imidazole rings is 1. The second kappa shape index (κ2) is 6.33. The van der Waals surface area contributed by atoms with Gasteiger partial charge in [-0.2, -0.15) is 0 Å². The number of amides is 1. The molecular formula is C12H20N4O3. The van der Waals surface area contributed by atoms with Gasteiger partial charge in [-0.25, -0.2) is 9.78 Å². The second-order valence-corrected chi connectivity index (χ2v) is 5.23. The van der Waals surface area contributed by atoms with Gasteiger partial charge in [-0.05, 0) is 20.3 Å². The monoisotopic (exact) mass is 268 g/mol. The quantitative estimate of drug-likeness (QED) is 0.556. The molecule has 7 heteroatoms. The SMILES string of the molecule is CC(C)(N)CCC(=O)N[C@H](Cc1cnc[nH]1)C(=O)O. The molecule has 5 N–H and O–H groups in total. The van der Waals surface area contributed by atoms with Gasteiger partial charge in [-0.15, -0.1) is 0 Å². The zero-order chi connectivity index (χ0) is 14.5. The average molecular weight is 268 g/mol. The second-order valence-electron chi connectivity index (χ2n) is 5.23. The topological polar surface area (TPSA) is 121 Å². The van der Waals surface area contributed by atoms with Crippen molar-refractivity contribution in [1.29, 1.82) is 0 Å². The van der Waals surface area contributed by atoms with Crippen LogP contribution in [0.2, 0.25) is 0 Å². The minimum Gasteiger partial charge on any atom is -0.480 e. The molecule has 1 rings (SSSR count). The lowest BCUT2D eigenvalue weighted by molar-refractivity contribution is -0.141. The first-order valence-corrected chi connectivity index (χ1v) is 6.06. The molecule has 19 heavy (non-hydrogen) atoms. The number of nitrogens with zero attached hydrogens (tertiary/aromatic N) is 1. The molecule has 0 radical (unpaired) electrons. The molecule has 0 aromatic carbocycles. The molecule has 106 valence electrons. The predicted molar refractivity (Wildman–Crippen MR) is 69.4 cm³/mol. The first-order valence-electron chi connectivity index (χ1n) is 6.06. The van der Waals surface area contributed by atoms with Crippen molar-refractivity contribution < 1.29 is 14.7 Å². The fraction of sp³-hybridized carbons (Fsp3) is 0.583. The van der Waals surface area contributed by atoms with Crippen molar-refractivity contribution in [2.45, 2.75) is 44.7 Å². The number of H-pyrrole nitrogens is 1. The minimum absolute atomic E-state index is 0.174. The lowest BCUT2D eigenvalue weighted by Crippen LogP contribution is -2.43. The van der Waals surface area contributed by atoms with Gasteiger partial charge < -0.3 is 21.1 Å². The maximum atomic E-state index is 11.7. The third-order valence-electron chi connectivity index (χ3n) is 2.61.